The molecule has 0 aromatic heterocycles. The maximum atomic E-state index is 2.30. The van der Waals surface area contributed by atoms with E-state index in [-0.39, 0.29) is 0 Å². The van der Waals surface area contributed by atoms with Crippen molar-refractivity contribution in [1.82, 2.24) is 0 Å². The first-order chi connectivity index (χ1) is 10.3. The first kappa shape index (κ1) is 13.6. The van der Waals surface area contributed by atoms with Gasteiger partial charge in [0.2, 0.25) is 0 Å². The molecule has 3 rings (SSSR count). The van der Waals surface area contributed by atoms with Crippen molar-refractivity contribution in [2.45, 2.75) is 19.3 Å². The van der Waals surface area contributed by atoms with Crippen LogP contribution >= 0.6 is 0 Å². The molecule has 0 N–H and O–H groups in total. The number of hydrogen-bond acceptors (Lipinski definition) is 0. The monoisotopic (exact) mass is 272 g/mol. The lowest BCUT2D eigenvalue weighted by molar-refractivity contribution is 0.759. The molecule has 0 amide bonds. The summed E-state index contributed by atoms with van der Waals surface area (Å²) in [5, 5.41) is 0. The third-order valence-corrected chi connectivity index (χ3v) is 3.97. The fraction of sp³-hybridized carbons (Fsp3) is 0.143. The molecule has 1 atom stereocenters. The van der Waals surface area contributed by atoms with Gasteiger partial charge in [-0.15, -0.1) is 0 Å². The van der Waals surface area contributed by atoms with Gasteiger partial charge < -0.3 is 0 Å². The van der Waals surface area contributed by atoms with Crippen LogP contribution in [-0.2, 0) is 6.42 Å². The van der Waals surface area contributed by atoms with Crippen molar-refractivity contribution in [3.05, 3.63) is 96.1 Å². The maximum absolute atomic E-state index is 2.30. The molecular formula is C21H20. The third-order valence-electron chi connectivity index (χ3n) is 3.97. The van der Waals surface area contributed by atoms with E-state index in [1.54, 1.807) is 0 Å². The Hall–Kier alpha value is -2.34. The van der Waals surface area contributed by atoms with Crippen molar-refractivity contribution in [2.24, 2.45) is 0 Å². The summed E-state index contributed by atoms with van der Waals surface area (Å²) in [4.78, 5) is 0. The van der Waals surface area contributed by atoms with E-state index in [4.69, 9.17) is 0 Å². The number of rotatable bonds is 4. The second kappa shape index (κ2) is 6.41. The van der Waals surface area contributed by atoms with Gasteiger partial charge in [0, 0.05) is 0 Å². The van der Waals surface area contributed by atoms with Crippen LogP contribution in [0.1, 0.15) is 24.0 Å². The fourth-order valence-electron chi connectivity index (χ4n) is 2.72. The van der Waals surface area contributed by atoms with E-state index < -0.39 is 0 Å². The minimum absolute atomic E-state index is 0.539. The summed E-state index contributed by atoms with van der Waals surface area (Å²) in [5.74, 6) is 0.539. The van der Waals surface area contributed by atoms with E-state index >= 15 is 0 Å². The molecule has 0 aliphatic heterocycles. The molecule has 1 unspecified atom stereocenters. The van der Waals surface area contributed by atoms with E-state index in [1.807, 2.05) is 0 Å². The van der Waals surface area contributed by atoms with Gasteiger partial charge in [0.15, 0.2) is 0 Å². The van der Waals surface area contributed by atoms with Crippen molar-refractivity contribution in [3.63, 3.8) is 0 Å². The Morgan fingerprint density at radius 2 is 1.14 bits per heavy atom. The number of hydrogen-bond donors (Lipinski definition) is 0. The summed E-state index contributed by atoms with van der Waals surface area (Å²) >= 11 is 0. The highest BCUT2D eigenvalue weighted by atomic mass is 14.1. The Labute approximate surface area is 127 Å². The van der Waals surface area contributed by atoms with E-state index in [2.05, 4.69) is 91.9 Å². The molecule has 3 aromatic rings. The lowest BCUT2D eigenvalue weighted by Crippen LogP contribution is -1.98. The predicted octanol–water partition coefficient (Wildman–Crippen LogP) is 5.70. The molecule has 0 saturated heterocycles. The Bertz CT molecular complexity index is 666. The summed E-state index contributed by atoms with van der Waals surface area (Å²) in [6.07, 6.45) is 1.09. The molecular weight excluding hydrogens is 252 g/mol. The highest BCUT2D eigenvalue weighted by molar-refractivity contribution is 5.63. The van der Waals surface area contributed by atoms with E-state index in [0.29, 0.717) is 5.92 Å². The standard InChI is InChI=1S/C21H20/c1-17(16-18-8-4-2-5-9-18)19-12-14-21(15-13-19)20-10-6-3-7-11-20/h2-15,17H,16H2,1H3. The molecule has 104 valence electrons. The first-order valence-corrected chi connectivity index (χ1v) is 7.52. The molecule has 0 bridgehead atoms. The minimum Gasteiger partial charge on any atom is -0.0622 e. The average Bonchev–Trinajstić information content (AvgIpc) is 2.57. The summed E-state index contributed by atoms with van der Waals surface area (Å²) < 4.78 is 0. The van der Waals surface area contributed by atoms with Crippen molar-refractivity contribution in [3.8, 4) is 11.1 Å². The summed E-state index contributed by atoms with van der Waals surface area (Å²) in [5.41, 5.74) is 5.36. The molecule has 21 heavy (non-hydrogen) atoms. The van der Waals surface area contributed by atoms with Crippen LogP contribution in [0.2, 0.25) is 0 Å². The number of benzene rings is 3. The summed E-state index contributed by atoms with van der Waals surface area (Å²) in [7, 11) is 0. The van der Waals surface area contributed by atoms with Crippen LogP contribution in [0.4, 0.5) is 0 Å². The van der Waals surface area contributed by atoms with E-state index in [9.17, 15) is 0 Å². The second-order valence-corrected chi connectivity index (χ2v) is 5.58. The average molecular weight is 272 g/mol. The quantitative estimate of drug-likeness (QED) is 0.571. The topological polar surface area (TPSA) is 0 Å². The predicted molar refractivity (Wildman–Crippen MR) is 90.4 cm³/mol. The lowest BCUT2D eigenvalue weighted by Gasteiger charge is -2.13. The lowest BCUT2D eigenvalue weighted by atomic mass is 9.92. The zero-order valence-electron chi connectivity index (χ0n) is 12.4. The van der Waals surface area contributed by atoms with Crippen LogP contribution in [0.15, 0.2) is 84.9 Å². The molecule has 0 nitrogen and oxygen atoms in total. The van der Waals surface area contributed by atoms with Crippen LogP contribution < -0.4 is 0 Å². The molecule has 0 aliphatic carbocycles. The molecule has 0 aliphatic rings. The van der Waals surface area contributed by atoms with Gasteiger partial charge in [0.05, 0.1) is 0 Å². The van der Waals surface area contributed by atoms with E-state index in [0.717, 1.165) is 6.42 Å². The molecule has 0 heteroatoms. The Kier molecular flexibility index (Phi) is 4.16. The largest absolute Gasteiger partial charge is 0.0622 e. The van der Waals surface area contributed by atoms with Crippen molar-refractivity contribution >= 4 is 0 Å². The molecule has 0 radical (unpaired) electrons. The first-order valence-electron chi connectivity index (χ1n) is 7.52. The summed E-state index contributed by atoms with van der Waals surface area (Å²) in [6.45, 7) is 2.30. The van der Waals surface area contributed by atoms with E-state index in [1.165, 1.54) is 22.3 Å². The molecule has 3 aromatic carbocycles. The van der Waals surface area contributed by atoms with Gasteiger partial charge in [-0.1, -0.05) is 91.9 Å². The van der Waals surface area contributed by atoms with Gasteiger partial charge in [0.25, 0.3) is 0 Å². The second-order valence-electron chi connectivity index (χ2n) is 5.58. The van der Waals surface area contributed by atoms with Gasteiger partial charge in [-0.05, 0) is 34.6 Å². The molecule has 0 fully saturated rings. The SMILES string of the molecule is CC(Cc1ccccc1)c1ccc(-c2ccccc2)cc1. The van der Waals surface area contributed by atoms with Gasteiger partial charge in [-0.3, -0.25) is 0 Å². The van der Waals surface area contributed by atoms with Crippen LogP contribution in [0.5, 0.6) is 0 Å². The van der Waals surface area contributed by atoms with Crippen LogP contribution in [0.25, 0.3) is 11.1 Å². The van der Waals surface area contributed by atoms with Gasteiger partial charge >= 0.3 is 0 Å². The molecule has 0 spiro atoms. The van der Waals surface area contributed by atoms with Gasteiger partial charge in [-0.25, -0.2) is 0 Å². The third kappa shape index (κ3) is 3.41. The zero-order chi connectivity index (χ0) is 14.5. The Morgan fingerprint density at radius 3 is 1.76 bits per heavy atom. The Morgan fingerprint density at radius 1 is 0.619 bits per heavy atom. The smallest absolute Gasteiger partial charge is 0.0150 e. The summed E-state index contributed by atoms with van der Waals surface area (Å²) in [6, 6.07) is 30.2. The molecule has 0 saturated carbocycles. The van der Waals surface area contributed by atoms with Crippen LogP contribution in [-0.4, -0.2) is 0 Å². The highest BCUT2D eigenvalue weighted by Gasteiger charge is 2.07. The van der Waals surface area contributed by atoms with Crippen molar-refractivity contribution in [2.75, 3.05) is 0 Å². The minimum atomic E-state index is 0.539. The van der Waals surface area contributed by atoms with Crippen molar-refractivity contribution < 1.29 is 0 Å². The highest BCUT2D eigenvalue weighted by Crippen LogP contribution is 2.24. The fourth-order valence-corrected chi connectivity index (χ4v) is 2.72. The van der Waals surface area contributed by atoms with Gasteiger partial charge in [-0.2, -0.15) is 0 Å². The van der Waals surface area contributed by atoms with Crippen LogP contribution in [0.3, 0.4) is 0 Å². The normalized spacial score (nSPS) is 12.0. The zero-order valence-corrected chi connectivity index (χ0v) is 12.4. The van der Waals surface area contributed by atoms with Crippen LogP contribution in [0, 0.1) is 0 Å². The van der Waals surface area contributed by atoms with Gasteiger partial charge in [0.1, 0.15) is 0 Å². The maximum Gasteiger partial charge on any atom is -0.0150 e. The Balaban J connectivity index is 1.75. The van der Waals surface area contributed by atoms with Crippen molar-refractivity contribution in [1.29, 1.82) is 0 Å². The molecule has 0 heterocycles.